The highest BCUT2D eigenvalue weighted by Crippen LogP contribution is 2.44. The standard InChI is InChI=1S/C22H30N4O5/c1-13(2)23-21(30)25(3)12-15-16-17(19(28)26(4)18(16)27)22(24-15,20(29)31-5)11-14-9-7-6-8-10-14/h6-10,13,15-17,24H,11-12H2,1-5H3,(H,23,30)/t15-,16+,17-,22-/m1/s1. The van der Waals surface area contributed by atoms with E-state index in [1.165, 1.54) is 19.1 Å². The van der Waals surface area contributed by atoms with Gasteiger partial charge in [-0.25, -0.2) is 4.79 Å². The van der Waals surface area contributed by atoms with Crippen LogP contribution in [0.4, 0.5) is 4.79 Å². The van der Waals surface area contributed by atoms with Crippen LogP contribution < -0.4 is 10.6 Å². The number of hydrogen-bond donors (Lipinski definition) is 2. The number of rotatable bonds is 6. The molecule has 2 aliphatic heterocycles. The van der Waals surface area contributed by atoms with Crippen LogP contribution in [0.15, 0.2) is 30.3 Å². The van der Waals surface area contributed by atoms with E-state index in [1.54, 1.807) is 7.05 Å². The predicted octanol–water partition coefficient (Wildman–Crippen LogP) is 0.394. The van der Waals surface area contributed by atoms with Gasteiger partial charge in [-0.15, -0.1) is 0 Å². The Bertz CT molecular complexity index is 874. The number of likely N-dealkylation sites (N-methyl/N-ethyl adjacent to an activating group) is 1. The van der Waals surface area contributed by atoms with Gasteiger partial charge in [0, 0.05) is 39.1 Å². The molecule has 1 aromatic rings. The zero-order valence-electron chi connectivity index (χ0n) is 18.5. The molecule has 168 valence electrons. The number of amides is 4. The number of likely N-dealkylation sites (tertiary alicyclic amines) is 1. The highest BCUT2D eigenvalue weighted by molar-refractivity contribution is 6.09. The average Bonchev–Trinajstić information content (AvgIpc) is 3.17. The second kappa shape index (κ2) is 8.66. The highest BCUT2D eigenvalue weighted by Gasteiger charge is 2.67. The summed E-state index contributed by atoms with van der Waals surface area (Å²) in [5, 5.41) is 6.07. The molecule has 2 N–H and O–H groups in total. The Morgan fingerprint density at radius 1 is 1.23 bits per heavy atom. The molecular weight excluding hydrogens is 400 g/mol. The normalized spacial score (nSPS) is 27.4. The molecule has 0 unspecified atom stereocenters. The van der Waals surface area contributed by atoms with Crippen LogP contribution in [0.2, 0.25) is 0 Å². The summed E-state index contributed by atoms with van der Waals surface area (Å²) in [5.41, 5.74) is -0.571. The first-order chi connectivity index (χ1) is 14.6. The molecule has 2 saturated heterocycles. The van der Waals surface area contributed by atoms with Crippen molar-refractivity contribution in [3.05, 3.63) is 35.9 Å². The third-order valence-electron chi connectivity index (χ3n) is 6.08. The molecule has 0 spiro atoms. The van der Waals surface area contributed by atoms with Gasteiger partial charge in [0.15, 0.2) is 0 Å². The summed E-state index contributed by atoms with van der Waals surface area (Å²) in [7, 11) is 4.32. The first-order valence-electron chi connectivity index (χ1n) is 10.4. The minimum atomic E-state index is -1.40. The van der Waals surface area contributed by atoms with Gasteiger partial charge >= 0.3 is 12.0 Å². The summed E-state index contributed by atoms with van der Waals surface area (Å²) in [6, 6.07) is 8.36. The lowest BCUT2D eigenvalue weighted by Crippen LogP contribution is -2.59. The molecule has 3 rings (SSSR count). The van der Waals surface area contributed by atoms with Crippen molar-refractivity contribution >= 4 is 23.8 Å². The van der Waals surface area contributed by atoms with E-state index in [0.29, 0.717) is 0 Å². The number of ether oxygens (including phenoxy) is 1. The molecule has 0 aliphatic carbocycles. The van der Waals surface area contributed by atoms with E-state index in [2.05, 4.69) is 10.6 Å². The number of esters is 1. The van der Waals surface area contributed by atoms with Crippen LogP contribution in [0.25, 0.3) is 0 Å². The molecule has 9 heteroatoms. The van der Waals surface area contributed by atoms with Gasteiger partial charge in [-0.2, -0.15) is 0 Å². The number of hydrogen-bond acceptors (Lipinski definition) is 6. The molecule has 1 aromatic carbocycles. The Hall–Kier alpha value is -2.94. The number of nitrogens with one attached hydrogen (secondary N) is 2. The van der Waals surface area contributed by atoms with Gasteiger partial charge in [0.25, 0.3) is 0 Å². The third kappa shape index (κ3) is 4.01. The number of imide groups is 1. The topological polar surface area (TPSA) is 108 Å². The zero-order chi connectivity index (χ0) is 22.9. The second-order valence-electron chi connectivity index (χ2n) is 8.60. The number of benzene rings is 1. The van der Waals surface area contributed by atoms with Crippen molar-refractivity contribution in [1.29, 1.82) is 0 Å². The monoisotopic (exact) mass is 430 g/mol. The van der Waals surface area contributed by atoms with E-state index in [-0.39, 0.29) is 30.9 Å². The smallest absolute Gasteiger partial charge is 0.327 e. The summed E-state index contributed by atoms with van der Waals surface area (Å²) in [6.07, 6.45) is 0.187. The molecule has 0 saturated carbocycles. The fourth-order valence-corrected chi connectivity index (χ4v) is 4.68. The number of carbonyl (C=O) groups is 4. The van der Waals surface area contributed by atoms with Gasteiger partial charge in [0.05, 0.1) is 18.9 Å². The molecule has 9 nitrogen and oxygen atoms in total. The molecular formula is C22H30N4O5. The van der Waals surface area contributed by atoms with E-state index in [9.17, 15) is 19.2 Å². The fraction of sp³-hybridized carbons (Fsp3) is 0.545. The molecule has 2 heterocycles. The minimum Gasteiger partial charge on any atom is -0.468 e. The van der Waals surface area contributed by atoms with Crippen LogP contribution in [-0.2, 0) is 25.5 Å². The van der Waals surface area contributed by atoms with Crippen LogP contribution in [0.3, 0.4) is 0 Å². The number of urea groups is 1. The lowest BCUT2D eigenvalue weighted by Gasteiger charge is -2.33. The van der Waals surface area contributed by atoms with Crippen LogP contribution in [-0.4, -0.2) is 79.0 Å². The fourth-order valence-electron chi connectivity index (χ4n) is 4.68. The molecule has 0 aromatic heterocycles. The lowest BCUT2D eigenvalue weighted by molar-refractivity contribution is -0.153. The van der Waals surface area contributed by atoms with Crippen LogP contribution in [0.1, 0.15) is 19.4 Å². The maximum Gasteiger partial charge on any atom is 0.327 e. The van der Waals surface area contributed by atoms with Crippen molar-refractivity contribution in [3.8, 4) is 0 Å². The number of fused-ring (bicyclic) bond motifs is 1. The van der Waals surface area contributed by atoms with Crippen molar-refractivity contribution < 1.29 is 23.9 Å². The Kier molecular flexibility index (Phi) is 6.35. The summed E-state index contributed by atoms with van der Waals surface area (Å²) in [5.74, 6) is -3.05. The van der Waals surface area contributed by atoms with E-state index in [1.807, 2.05) is 44.2 Å². The van der Waals surface area contributed by atoms with Crippen LogP contribution in [0, 0.1) is 11.8 Å². The maximum absolute atomic E-state index is 13.1. The Morgan fingerprint density at radius 2 is 1.87 bits per heavy atom. The van der Waals surface area contributed by atoms with Crippen LogP contribution in [0.5, 0.6) is 0 Å². The average molecular weight is 431 g/mol. The zero-order valence-corrected chi connectivity index (χ0v) is 18.5. The van der Waals surface area contributed by atoms with E-state index < -0.39 is 35.3 Å². The number of nitrogens with zero attached hydrogens (tertiary/aromatic N) is 2. The molecule has 31 heavy (non-hydrogen) atoms. The van der Waals surface area contributed by atoms with Gasteiger partial charge < -0.3 is 15.0 Å². The SMILES string of the molecule is COC(=O)[C@]1(Cc2ccccc2)N[C@H](CN(C)C(=O)NC(C)C)[C@@H]2C(=O)N(C)C(=O)[C@@H]21. The first kappa shape index (κ1) is 22.7. The molecule has 0 radical (unpaired) electrons. The molecule has 4 atom stereocenters. The van der Waals surface area contributed by atoms with Gasteiger partial charge in [-0.05, 0) is 19.4 Å². The van der Waals surface area contributed by atoms with Crippen molar-refractivity contribution in [2.45, 2.75) is 37.9 Å². The van der Waals surface area contributed by atoms with Gasteiger partial charge in [0.1, 0.15) is 5.54 Å². The van der Waals surface area contributed by atoms with Crippen molar-refractivity contribution in [2.24, 2.45) is 11.8 Å². The van der Waals surface area contributed by atoms with Gasteiger partial charge in [-0.1, -0.05) is 30.3 Å². The Morgan fingerprint density at radius 3 is 2.45 bits per heavy atom. The summed E-state index contributed by atoms with van der Waals surface area (Å²) in [6.45, 7) is 3.86. The van der Waals surface area contributed by atoms with Gasteiger partial charge in [-0.3, -0.25) is 24.6 Å². The molecule has 4 amide bonds. The number of methoxy groups -OCH3 is 1. The van der Waals surface area contributed by atoms with Crippen molar-refractivity contribution in [3.63, 3.8) is 0 Å². The van der Waals surface area contributed by atoms with E-state index in [4.69, 9.17) is 4.74 Å². The maximum atomic E-state index is 13.1. The Balaban J connectivity index is 1.99. The lowest BCUT2D eigenvalue weighted by atomic mass is 9.76. The quantitative estimate of drug-likeness (QED) is 0.500. The third-order valence-corrected chi connectivity index (χ3v) is 6.08. The summed E-state index contributed by atoms with van der Waals surface area (Å²) in [4.78, 5) is 54.1. The first-order valence-corrected chi connectivity index (χ1v) is 10.4. The van der Waals surface area contributed by atoms with Crippen molar-refractivity contribution in [1.82, 2.24) is 20.4 Å². The molecule has 2 fully saturated rings. The van der Waals surface area contributed by atoms with E-state index in [0.717, 1.165) is 10.5 Å². The summed E-state index contributed by atoms with van der Waals surface area (Å²) >= 11 is 0. The van der Waals surface area contributed by atoms with Crippen molar-refractivity contribution in [2.75, 3.05) is 27.7 Å². The molecule has 0 bridgehead atoms. The van der Waals surface area contributed by atoms with E-state index >= 15 is 0 Å². The minimum absolute atomic E-state index is 0.0488. The largest absolute Gasteiger partial charge is 0.468 e. The van der Waals surface area contributed by atoms with Crippen LogP contribution >= 0.6 is 0 Å². The number of carbonyl (C=O) groups excluding carboxylic acids is 4. The predicted molar refractivity (Wildman–Crippen MR) is 113 cm³/mol. The second-order valence-corrected chi connectivity index (χ2v) is 8.60. The molecule has 2 aliphatic rings. The highest BCUT2D eigenvalue weighted by atomic mass is 16.5. The Labute approximate surface area is 182 Å². The van der Waals surface area contributed by atoms with Gasteiger partial charge in [0.2, 0.25) is 11.8 Å². The summed E-state index contributed by atoms with van der Waals surface area (Å²) < 4.78 is 5.11.